The Morgan fingerprint density at radius 3 is 2.58 bits per heavy atom. The number of rotatable bonds is 10. The Morgan fingerprint density at radius 2 is 1.97 bits per heavy atom. The van der Waals surface area contributed by atoms with Gasteiger partial charge in [-0.25, -0.2) is 17.5 Å². The van der Waals surface area contributed by atoms with E-state index in [0.717, 1.165) is 32.2 Å². The summed E-state index contributed by atoms with van der Waals surface area (Å²) in [6.45, 7) is 3.64. The number of sulfonamides is 1. The van der Waals surface area contributed by atoms with E-state index in [-0.39, 0.29) is 43.2 Å². The van der Waals surface area contributed by atoms with E-state index < -0.39 is 20.9 Å². The minimum atomic E-state index is -3.61. The molecular weight excluding hydrogens is 419 g/mol. The minimum Gasteiger partial charge on any atom is -0.330 e. The van der Waals surface area contributed by atoms with Crippen LogP contribution in [0.3, 0.4) is 0 Å². The monoisotopic (exact) mass is 462 g/mol. The van der Waals surface area contributed by atoms with E-state index in [1.54, 1.807) is 0 Å². The van der Waals surface area contributed by atoms with Crippen LogP contribution in [0.15, 0.2) is 0 Å². The maximum atomic E-state index is 15.1. The largest absolute Gasteiger partial charge is 0.330 e. The summed E-state index contributed by atoms with van der Waals surface area (Å²) in [5.74, 6) is 0.746. The quantitative estimate of drug-likeness (QED) is 0.269. The predicted molar refractivity (Wildman–Crippen MR) is 123 cm³/mol. The maximum Gasteiger partial charge on any atom is 0.217 e. The van der Waals surface area contributed by atoms with E-state index in [2.05, 4.69) is 27.6 Å². The smallest absolute Gasteiger partial charge is 0.217 e. The van der Waals surface area contributed by atoms with Crippen LogP contribution >= 0.6 is 0 Å². The maximum absolute atomic E-state index is 15.1. The number of nitrogens with two attached hydrogens (primary N) is 2. The summed E-state index contributed by atoms with van der Waals surface area (Å²) in [6, 6.07) is -0.165. The predicted octanol–water partition coefficient (Wildman–Crippen LogP) is 0.00200. The van der Waals surface area contributed by atoms with E-state index in [0.29, 0.717) is 31.7 Å². The first-order valence-electron chi connectivity index (χ1n) is 12.0. The lowest BCUT2D eigenvalue weighted by molar-refractivity contribution is -0.0562. The molecule has 0 amide bonds. The Balaban J connectivity index is 1.54. The van der Waals surface area contributed by atoms with Gasteiger partial charge in [-0.2, -0.15) is 0 Å². The molecule has 3 rings (SSSR count). The molecule has 31 heavy (non-hydrogen) atoms. The van der Waals surface area contributed by atoms with Crippen LogP contribution in [0.5, 0.6) is 0 Å². The molecule has 6 atom stereocenters. The van der Waals surface area contributed by atoms with Gasteiger partial charge in [-0.3, -0.25) is 0 Å². The topological polar surface area (TPSA) is 134 Å². The summed E-state index contributed by atoms with van der Waals surface area (Å²) in [5.41, 5.74) is 10.7. The summed E-state index contributed by atoms with van der Waals surface area (Å²) >= 11 is 0. The molecule has 0 bridgehead atoms. The Bertz CT molecular complexity index is 675. The van der Waals surface area contributed by atoms with Crippen LogP contribution in [0.4, 0.5) is 4.39 Å². The third-order valence-corrected chi connectivity index (χ3v) is 9.66. The lowest BCUT2D eigenvalue weighted by atomic mass is 9.64. The molecule has 8 N–H and O–H groups in total. The highest BCUT2D eigenvalue weighted by molar-refractivity contribution is 7.90. The van der Waals surface area contributed by atoms with Crippen molar-refractivity contribution in [3.8, 4) is 0 Å². The van der Waals surface area contributed by atoms with Gasteiger partial charge in [-0.1, -0.05) is 13.3 Å². The number of likely N-dealkylation sites (N-methyl/N-ethyl adjacent to an activating group) is 1. The minimum absolute atomic E-state index is 0.0197. The lowest BCUT2D eigenvalue weighted by Gasteiger charge is -2.48. The Labute approximate surface area is 187 Å². The van der Waals surface area contributed by atoms with Crippen LogP contribution in [0.2, 0.25) is 0 Å². The van der Waals surface area contributed by atoms with Crippen molar-refractivity contribution in [1.82, 2.24) is 20.7 Å². The van der Waals surface area contributed by atoms with Crippen molar-refractivity contribution in [2.45, 2.75) is 81.0 Å². The Kier molecular flexibility index (Phi) is 8.73. The number of halogens is 1. The molecule has 0 spiro atoms. The Morgan fingerprint density at radius 1 is 1.23 bits per heavy atom. The normalized spacial score (nSPS) is 40.3. The van der Waals surface area contributed by atoms with E-state index in [1.807, 2.05) is 7.05 Å². The van der Waals surface area contributed by atoms with Crippen LogP contribution in [-0.2, 0) is 10.0 Å². The molecular formula is C21H43FN6O2S. The van der Waals surface area contributed by atoms with Crippen molar-refractivity contribution in [2.24, 2.45) is 29.2 Å². The second kappa shape index (κ2) is 10.7. The number of alkyl halides is 1. The average Bonchev–Trinajstić information content (AvgIpc) is 2.72. The van der Waals surface area contributed by atoms with Crippen molar-refractivity contribution < 1.29 is 12.8 Å². The van der Waals surface area contributed by atoms with E-state index in [1.165, 1.54) is 0 Å². The summed E-state index contributed by atoms with van der Waals surface area (Å²) in [6.07, 6.45) is 5.45. The van der Waals surface area contributed by atoms with Gasteiger partial charge in [0.25, 0.3) is 0 Å². The third-order valence-electron chi connectivity index (χ3n) is 7.79. The average molecular weight is 463 g/mol. The van der Waals surface area contributed by atoms with Crippen LogP contribution in [0.25, 0.3) is 0 Å². The van der Waals surface area contributed by atoms with Crippen molar-refractivity contribution >= 4 is 10.0 Å². The first-order valence-corrected chi connectivity index (χ1v) is 13.5. The zero-order valence-electron chi connectivity index (χ0n) is 19.1. The SMILES string of the molecule is CNC1C(CN)CCCC1NS(=O)(=O)C(CN)CNC1CC(C2(F)CC(C)C2)CCN1. The van der Waals surface area contributed by atoms with Gasteiger partial charge in [-0.05, 0) is 76.4 Å². The van der Waals surface area contributed by atoms with Crippen LogP contribution in [0, 0.1) is 17.8 Å². The molecule has 8 nitrogen and oxygen atoms in total. The highest BCUT2D eigenvalue weighted by Gasteiger charge is 2.49. The van der Waals surface area contributed by atoms with Crippen molar-refractivity contribution in [3.63, 3.8) is 0 Å². The molecule has 2 aliphatic carbocycles. The van der Waals surface area contributed by atoms with E-state index >= 15 is 4.39 Å². The molecule has 1 heterocycles. The summed E-state index contributed by atoms with van der Waals surface area (Å²) < 4.78 is 44.2. The van der Waals surface area contributed by atoms with Gasteiger partial charge in [0.2, 0.25) is 10.0 Å². The lowest BCUT2D eigenvalue weighted by Crippen LogP contribution is -2.60. The fraction of sp³-hybridized carbons (Fsp3) is 1.00. The van der Waals surface area contributed by atoms with Crippen LogP contribution in [-0.4, -0.2) is 70.8 Å². The van der Waals surface area contributed by atoms with Gasteiger partial charge in [0.15, 0.2) is 0 Å². The van der Waals surface area contributed by atoms with Gasteiger partial charge in [0.05, 0.1) is 6.17 Å². The Hall–Kier alpha value is -0.360. The van der Waals surface area contributed by atoms with Crippen molar-refractivity contribution in [3.05, 3.63) is 0 Å². The van der Waals surface area contributed by atoms with Gasteiger partial charge >= 0.3 is 0 Å². The molecule has 0 aromatic carbocycles. The molecule has 3 fully saturated rings. The van der Waals surface area contributed by atoms with Gasteiger partial charge in [0, 0.05) is 25.2 Å². The molecule has 182 valence electrons. The van der Waals surface area contributed by atoms with E-state index in [4.69, 9.17) is 11.5 Å². The zero-order valence-corrected chi connectivity index (χ0v) is 19.9. The molecule has 0 aromatic rings. The molecule has 1 saturated heterocycles. The second-order valence-electron chi connectivity index (χ2n) is 10.1. The van der Waals surface area contributed by atoms with Gasteiger partial charge < -0.3 is 27.4 Å². The fourth-order valence-electron chi connectivity index (χ4n) is 6.00. The first-order chi connectivity index (χ1) is 14.7. The summed E-state index contributed by atoms with van der Waals surface area (Å²) in [5, 5.41) is 9.18. The first kappa shape index (κ1) is 25.3. The summed E-state index contributed by atoms with van der Waals surface area (Å²) in [7, 11) is -1.76. The highest BCUT2D eigenvalue weighted by Crippen LogP contribution is 2.49. The molecule has 0 radical (unpaired) electrons. The van der Waals surface area contributed by atoms with Crippen molar-refractivity contribution in [1.29, 1.82) is 0 Å². The molecule has 0 aromatic heterocycles. The third kappa shape index (κ3) is 5.96. The number of hydrogen-bond acceptors (Lipinski definition) is 7. The standard InChI is InChI=1S/C21H43FN6O2S/c1-14-9-21(22,10-14)16-6-7-26-19(8-16)27-13-17(12-24)31(29,30)28-18-5-3-4-15(11-23)20(18)25-2/h14-20,25-28H,3-13,23-24H2,1-2H3. The number of piperidine rings is 1. The van der Waals surface area contributed by atoms with Gasteiger partial charge in [0.1, 0.15) is 10.9 Å². The zero-order chi connectivity index (χ0) is 22.6. The molecule has 2 saturated carbocycles. The van der Waals surface area contributed by atoms with Crippen LogP contribution < -0.4 is 32.1 Å². The summed E-state index contributed by atoms with van der Waals surface area (Å²) in [4.78, 5) is 0. The molecule has 10 heteroatoms. The number of hydrogen-bond donors (Lipinski definition) is 6. The molecule has 1 aliphatic heterocycles. The second-order valence-corrected chi connectivity index (χ2v) is 12.0. The highest BCUT2D eigenvalue weighted by atomic mass is 32.2. The van der Waals surface area contributed by atoms with Crippen molar-refractivity contribution in [2.75, 3.05) is 33.2 Å². The molecule has 3 aliphatic rings. The van der Waals surface area contributed by atoms with Crippen LogP contribution in [0.1, 0.15) is 51.9 Å². The fourth-order valence-corrected chi connectivity index (χ4v) is 7.44. The number of nitrogens with one attached hydrogen (secondary N) is 4. The molecule has 6 unspecified atom stereocenters. The van der Waals surface area contributed by atoms with Gasteiger partial charge in [-0.15, -0.1) is 0 Å². The van der Waals surface area contributed by atoms with E-state index in [9.17, 15) is 8.42 Å².